The highest BCUT2D eigenvalue weighted by molar-refractivity contribution is 7.89. The zero-order valence-corrected chi connectivity index (χ0v) is 18.1. The van der Waals surface area contributed by atoms with Crippen LogP contribution >= 0.6 is 0 Å². The fourth-order valence-corrected chi connectivity index (χ4v) is 6.17. The van der Waals surface area contributed by atoms with E-state index in [-0.39, 0.29) is 41.8 Å². The molecule has 0 N–H and O–H groups in total. The van der Waals surface area contributed by atoms with Gasteiger partial charge in [-0.05, 0) is 18.6 Å². The maximum absolute atomic E-state index is 13.2. The van der Waals surface area contributed by atoms with Crippen molar-refractivity contribution in [3.05, 3.63) is 30.7 Å². The first-order valence-corrected chi connectivity index (χ1v) is 11.8. The predicted octanol–water partition coefficient (Wildman–Crippen LogP) is 0.523. The van der Waals surface area contributed by atoms with Crippen LogP contribution in [-0.4, -0.2) is 75.4 Å². The quantitative estimate of drug-likeness (QED) is 0.639. The molecular formula is C17H24N4O6S2. The molecule has 12 heteroatoms. The maximum atomic E-state index is 13.2. The van der Waals surface area contributed by atoms with Crippen molar-refractivity contribution in [3.8, 4) is 11.5 Å². The molecule has 0 spiro atoms. The van der Waals surface area contributed by atoms with Gasteiger partial charge in [0.25, 0.3) is 10.0 Å². The molecule has 29 heavy (non-hydrogen) atoms. The van der Waals surface area contributed by atoms with Crippen LogP contribution in [0, 0.1) is 0 Å². The Morgan fingerprint density at radius 1 is 0.931 bits per heavy atom. The Balaban J connectivity index is 1.83. The summed E-state index contributed by atoms with van der Waals surface area (Å²) in [4.78, 5) is 3.94. The highest BCUT2D eigenvalue weighted by Gasteiger charge is 2.34. The van der Waals surface area contributed by atoms with Gasteiger partial charge in [-0.2, -0.15) is 8.61 Å². The Labute approximate surface area is 170 Å². The number of sulfonamides is 2. The first-order chi connectivity index (χ1) is 13.7. The van der Waals surface area contributed by atoms with Gasteiger partial charge in [0.1, 0.15) is 16.4 Å². The molecule has 1 aromatic carbocycles. The molecule has 1 fully saturated rings. The molecule has 0 saturated carbocycles. The van der Waals surface area contributed by atoms with Crippen LogP contribution in [0.25, 0.3) is 0 Å². The lowest BCUT2D eigenvalue weighted by atomic mass is 10.3. The number of rotatable bonds is 6. The van der Waals surface area contributed by atoms with Gasteiger partial charge < -0.3 is 14.0 Å². The predicted molar refractivity (Wildman–Crippen MR) is 105 cm³/mol. The van der Waals surface area contributed by atoms with Gasteiger partial charge in [0.2, 0.25) is 10.0 Å². The van der Waals surface area contributed by atoms with Gasteiger partial charge in [-0.3, -0.25) is 0 Å². The number of ether oxygens (including phenoxy) is 2. The minimum atomic E-state index is -3.87. The molecule has 0 radical (unpaired) electrons. The molecule has 0 bridgehead atoms. The van der Waals surface area contributed by atoms with Crippen molar-refractivity contribution in [2.24, 2.45) is 7.05 Å². The monoisotopic (exact) mass is 444 g/mol. The van der Waals surface area contributed by atoms with Crippen molar-refractivity contribution in [2.45, 2.75) is 16.3 Å². The Morgan fingerprint density at radius 3 is 2.14 bits per heavy atom. The van der Waals surface area contributed by atoms with Gasteiger partial charge in [-0.25, -0.2) is 21.8 Å². The van der Waals surface area contributed by atoms with Gasteiger partial charge in [0.05, 0.1) is 20.5 Å². The fraction of sp³-hybridized carbons (Fsp3) is 0.471. The average molecular weight is 445 g/mol. The number of benzene rings is 1. The van der Waals surface area contributed by atoms with Crippen molar-refractivity contribution in [3.63, 3.8) is 0 Å². The van der Waals surface area contributed by atoms with Gasteiger partial charge in [-0.1, -0.05) is 0 Å². The summed E-state index contributed by atoms with van der Waals surface area (Å²) < 4.78 is 66.4. The maximum Gasteiger partial charge on any atom is 0.262 e. The summed E-state index contributed by atoms with van der Waals surface area (Å²) in [5.41, 5.74) is 0. The van der Waals surface area contributed by atoms with Crippen LogP contribution in [0.1, 0.15) is 6.42 Å². The normalized spacial score (nSPS) is 17.1. The average Bonchev–Trinajstić information content (AvgIpc) is 2.99. The lowest BCUT2D eigenvalue weighted by molar-refractivity contribution is 0.379. The molecule has 3 rings (SSSR count). The third kappa shape index (κ3) is 4.25. The van der Waals surface area contributed by atoms with E-state index in [2.05, 4.69) is 4.98 Å². The van der Waals surface area contributed by atoms with E-state index in [1.807, 2.05) is 0 Å². The Kier molecular flexibility index (Phi) is 6.17. The lowest BCUT2D eigenvalue weighted by Gasteiger charge is -2.22. The minimum absolute atomic E-state index is 0.0156. The van der Waals surface area contributed by atoms with Crippen LogP contribution in [0.3, 0.4) is 0 Å². The lowest BCUT2D eigenvalue weighted by Crippen LogP contribution is -2.37. The van der Waals surface area contributed by atoms with Crippen molar-refractivity contribution in [1.29, 1.82) is 0 Å². The van der Waals surface area contributed by atoms with Gasteiger partial charge >= 0.3 is 0 Å². The van der Waals surface area contributed by atoms with Crippen LogP contribution in [-0.2, 0) is 27.1 Å². The van der Waals surface area contributed by atoms with E-state index in [1.54, 1.807) is 17.7 Å². The second kappa shape index (κ2) is 8.30. The zero-order valence-electron chi connectivity index (χ0n) is 16.5. The zero-order chi connectivity index (χ0) is 21.2. The second-order valence-corrected chi connectivity index (χ2v) is 10.3. The number of aromatic nitrogens is 2. The first kappa shape index (κ1) is 21.6. The largest absolute Gasteiger partial charge is 0.497 e. The van der Waals surface area contributed by atoms with Crippen molar-refractivity contribution < 1.29 is 26.3 Å². The Bertz CT molecular complexity index is 1080. The van der Waals surface area contributed by atoms with Crippen LogP contribution < -0.4 is 9.47 Å². The molecule has 0 unspecified atom stereocenters. The Morgan fingerprint density at radius 2 is 1.59 bits per heavy atom. The third-order valence-corrected chi connectivity index (χ3v) is 8.41. The van der Waals surface area contributed by atoms with Gasteiger partial charge in [0, 0.05) is 45.5 Å². The number of hydrogen-bond acceptors (Lipinski definition) is 7. The molecule has 1 saturated heterocycles. The number of methoxy groups -OCH3 is 2. The van der Waals surface area contributed by atoms with Crippen LogP contribution in [0.2, 0.25) is 0 Å². The van der Waals surface area contributed by atoms with Crippen LogP contribution in [0.4, 0.5) is 0 Å². The summed E-state index contributed by atoms with van der Waals surface area (Å²) in [5, 5.41) is -0.0480. The highest BCUT2D eigenvalue weighted by atomic mass is 32.2. The number of aryl methyl sites for hydroxylation is 1. The van der Waals surface area contributed by atoms with Gasteiger partial charge in [-0.15, -0.1) is 0 Å². The molecule has 0 aliphatic carbocycles. The smallest absolute Gasteiger partial charge is 0.262 e. The fourth-order valence-electron chi connectivity index (χ4n) is 3.13. The Hall–Kier alpha value is -2.15. The SMILES string of the molecule is COc1ccc(S(=O)(=O)N2CCCN(S(=O)(=O)c3cn(C)cn3)CC2)c(OC)c1. The summed E-state index contributed by atoms with van der Waals surface area (Å²) in [6.45, 7) is 0.483. The van der Waals surface area contributed by atoms with E-state index in [9.17, 15) is 16.8 Å². The van der Waals surface area contributed by atoms with Crippen LogP contribution in [0.5, 0.6) is 11.5 Å². The molecular weight excluding hydrogens is 420 g/mol. The van der Waals surface area contributed by atoms with E-state index >= 15 is 0 Å². The third-order valence-electron chi connectivity index (χ3n) is 4.69. The van der Waals surface area contributed by atoms with E-state index < -0.39 is 20.0 Å². The van der Waals surface area contributed by atoms with E-state index in [1.165, 1.54) is 47.5 Å². The van der Waals surface area contributed by atoms with Gasteiger partial charge in [0.15, 0.2) is 5.03 Å². The molecule has 1 aliphatic rings. The summed E-state index contributed by atoms with van der Waals surface area (Å²) in [6, 6.07) is 4.48. The first-order valence-electron chi connectivity index (χ1n) is 8.90. The number of hydrogen-bond donors (Lipinski definition) is 0. The summed E-state index contributed by atoms with van der Waals surface area (Å²) >= 11 is 0. The van der Waals surface area contributed by atoms with Crippen molar-refractivity contribution >= 4 is 20.0 Å². The molecule has 2 aromatic rings. The molecule has 0 amide bonds. The summed E-state index contributed by atoms with van der Waals surface area (Å²) in [5.74, 6) is 0.649. The molecule has 2 heterocycles. The minimum Gasteiger partial charge on any atom is -0.497 e. The molecule has 1 aromatic heterocycles. The molecule has 0 atom stereocenters. The van der Waals surface area contributed by atoms with Crippen molar-refractivity contribution in [2.75, 3.05) is 40.4 Å². The molecule has 10 nitrogen and oxygen atoms in total. The van der Waals surface area contributed by atoms with Crippen LogP contribution in [0.15, 0.2) is 40.6 Å². The second-order valence-electron chi connectivity index (χ2n) is 6.56. The molecule has 160 valence electrons. The standard InChI is InChI=1S/C17H24N4O6S2/c1-19-12-17(18-13-19)29(24,25)21-8-4-7-20(9-10-21)28(22,23)16-6-5-14(26-2)11-15(16)27-3/h5-6,11-13H,4,7-10H2,1-3H3. The number of imidazole rings is 1. The summed E-state index contributed by atoms with van der Waals surface area (Å²) in [7, 11) is -3.10. The highest BCUT2D eigenvalue weighted by Crippen LogP contribution is 2.31. The topological polar surface area (TPSA) is 111 Å². The number of nitrogens with zero attached hydrogens (tertiary/aromatic N) is 4. The van der Waals surface area contributed by atoms with Crippen molar-refractivity contribution in [1.82, 2.24) is 18.2 Å². The van der Waals surface area contributed by atoms with E-state index in [4.69, 9.17) is 9.47 Å². The summed E-state index contributed by atoms with van der Waals surface area (Å²) in [6.07, 6.45) is 3.21. The van der Waals surface area contributed by atoms with E-state index in [0.29, 0.717) is 12.2 Å². The van der Waals surface area contributed by atoms with E-state index in [0.717, 1.165) is 0 Å². The molecule has 1 aliphatic heterocycles.